The molecule has 0 saturated carbocycles. The van der Waals surface area contributed by atoms with Crippen molar-refractivity contribution in [3.05, 3.63) is 54.1 Å². The zero-order valence-electron chi connectivity index (χ0n) is 14.2. The van der Waals surface area contributed by atoms with Crippen molar-refractivity contribution < 1.29 is 19.1 Å². The maximum atomic E-state index is 12.3. The molecule has 3 rings (SSSR count). The van der Waals surface area contributed by atoms with Crippen LogP contribution < -0.4 is 14.8 Å². The van der Waals surface area contributed by atoms with Gasteiger partial charge in [0.05, 0.1) is 6.54 Å². The molecule has 0 unspecified atom stereocenters. The molecule has 2 aromatic rings. The number of likely N-dealkylation sites (N-methyl/N-ethyl adjacent to an activating group) is 1. The van der Waals surface area contributed by atoms with Crippen LogP contribution in [0.1, 0.15) is 17.3 Å². The predicted octanol–water partition coefficient (Wildman–Crippen LogP) is 3.19. The number of para-hydroxylation sites is 2. The largest absolute Gasteiger partial charge is 0.486 e. The lowest BCUT2D eigenvalue weighted by Crippen LogP contribution is -2.43. The van der Waals surface area contributed by atoms with E-state index in [0.29, 0.717) is 30.2 Å². The van der Waals surface area contributed by atoms with Crippen molar-refractivity contribution in [3.8, 4) is 11.5 Å². The SMILES string of the molecule is CC(=O)c1ccc(NC(=O)N(C)C[C@H]2COc3ccccc3O2)cc1. The summed E-state index contributed by atoms with van der Waals surface area (Å²) in [5.74, 6) is 1.40. The van der Waals surface area contributed by atoms with Gasteiger partial charge in [0.15, 0.2) is 23.4 Å². The van der Waals surface area contributed by atoms with Crippen LogP contribution in [0.25, 0.3) is 0 Å². The number of hydrogen-bond donors (Lipinski definition) is 1. The third-order valence-electron chi connectivity index (χ3n) is 3.93. The molecular weight excluding hydrogens is 320 g/mol. The monoisotopic (exact) mass is 340 g/mol. The zero-order valence-corrected chi connectivity index (χ0v) is 14.2. The van der Waals surface area contributed by atoms with E-state index < -0.39 is 0 Å². The number of Topliss-reactive ketones (excluding diaryl/α,β-unsaturated/α-hetero) is 1. The topological polar surface area (TPSA) is 67.9 Å². The van der Waals surface area contributed by atoms with Gasteiger partial charge in [-0.2, -0.15) is 0 Å². The summed E-state index contributed by atoms with van der Waals surface area (Å²) in [5, 5.41) is 2.80. The summed E-state index contributed by atoms with van der Waals surface area (Å²) in [7, 11) is 1.70. The summed E-state index contributed by atoms with van der Waals surface area (Å²) in [6.07, 6.45) is -0.231. The quantitative estimate of drug-likeness (QED) is 0.868. The minimum Gasteiger partial charge on any atom is -0.486 e. The first kappa shape index (κ1) is 16.8. The maximum absolute atomic E-state index is 12.3. The summed E-state index contributed by atoms with van der Waals surface area (Å²) >= 11 is 0. The molecule has 25 heavy (non-hydrogen) atoms. The van der Waals surface area contributed by atoms with Gasteiger partial charge in [-0.15, -0.1) is 0 Å². The second-order valence-corrected chi connectivity index (χ2v) is 5.94. The van der Waals surface area contributed by atoms with Gasteiger partial charge in [-0.3, -0.25) is 4.79 Å². The van der Waals surface area contributed by atoms with E-state index in [9.17, 15) is 9.59 Å². The molecule has 2 aromatic carbocycles. The number of hydrogen-bond acceptors (Lipinski definition) is 4. The molecular formula is C19H20N2O4. The normalized spacial score (nSPS) is 15.4. The molecule has 1 heterocycles. The van der Waals surface area contributed by atoms with Crippen molar-refractivity contribution in [3.63, 3.8) is 0 Å². The third kappa shape index (κ3) is 4.09. The van der Waals surface area contributed by atoms with E-state index in [-0.39, 0.29) is 17.9 Å². The van der Waals surface area contributed by atoms with Crippen LogP contribution >= 0.6 is 0 Å². The van der Waals surface area contributed by atoms with E-state index in [1.165, 1.54) is 6.92 Å². The van der Waals surface area contributed by atoms with Crippen LogP contribution in [0.4, 0.5) is 10.5 Å². The smallest absolute Gasteiger partial charge is 0.321 e. The van der Waals surface area contributed by atoms with Gasteiger partial charge in [0, 0.05) is 18.3 Å². The minimum absolute atomic E-state index is 0.00952. The molecule has 6 heteroatoms. The Morgan fingerprint density at radius 1 is 1.12 bits per heavy atom. The fourth-order valence-corrected chi connectivity index (χ4v) is 2.55. The third-order valence-corrected chi connectivity index (χ3v) is 3.93. The Kier molecular flexibility index (Phi) is 4.88. The molecule has 1 atom stereocenters. The Morgan fingerprint density at radius 3 is 2.48 bits per heavy atom. The number of ketones is 1. The molecule has 130 valence electrons. The summed E-state index contributed by atoms with van der Waals surface area (Å²) in [5.41, 5.74) is 1.24. The number of carbonyl (C=O) groups excluding carboxylic acids is 2. The molecule has 2 amide bonds. The highest BCUT2D eigenvalue weighted by atomic mass is 16.6. The number of nitrogens with zero attached hydrogens (tertiary/aromatic N) is 1. The van der Waals surface area contributed by atoms with E-state index in [1.807, 2.05) is 24.3 Å². The van der Waals surface area contributed by atoms with Crippen molar-refractivity contribution >= 4 is 17.5 Å². The molecule has 6 nitrogen and oxygen atoms in total. The standard InChI is InChI=1S/C19H20N2O4/c1-13(22)14-7-9-15(10-8-14)20-19(23)21(2)11-16-12-24-17-5-3-4-6-18(17)25-16/h3-10,16H,11-12H2,1-2H3,(H,20,23)/t16-/m0/s1. The summed E-state index contributed by atoms with van der Waals surface area (Å²) in [6.45, 7) is 2.29. The highest BCUT2D eigenvalue weighted by molar-refractivity contribution is 5.95. The van der Waals surface area contributed by atoms with E-state index in [1.54, 1.807) is 36.2 Å². The first-order valence-corrected chi connectivity index (χ1v) is 8.04. The Balaban J connectivity index is 1.55. The highest BCUT2D eigenvalue weighted by Gasteiger charge is 2.23. The Labute approximate surface area is 146 Å². The van der Waals surface area contributed by atoms with Crippen LogP contribution in [0, 0.1) is 0 Å². The molecule has 0 radical (unpaired) electrons. The second-order valence-electron chi connectivity index (χ2n) is 5.94. The van der Waals surface area contributed by atoms with Gasteiger partial charge in [-0.05, 0) is 43.3 Å². The highest BCUT2D eigenvalue weighted by Crippen LogP contribution is 2.30. The molecule has 0 aromatic heterocycles. The van der Waals surface area contributed by atoms with Gasteiger partial charge in [0.25, 0.3) is 0 Å². The molecule has 1 aliphatic rings. The molecule has 0 spiro atoms. The lowest BCUT2D eigenvalue weighted by atomic mass is 10.1. The minimum atomic E-state index is -0.252. The molecule has 1 N–H and O–H groups in total. The number of benzene rings is 2. The number of anilines is 1. The van der Waals surface area contributed by atoms with Gasteiger partial charge in [0.2, 0.25) is 0 Å². The average Bonchev–Trinajstić information content (AvgIpc) is 2.62. The Hall–Kier alpha value is -3.02. The van der Waals surface area contributed by atoms with Crippen LogP contribution in [-0.4, -0.2) is 43.0 Å². The van der Waals surface area contributed by atoms with Crippen LogP contribution in [0.3, 0.4) is 0 Å². The van der Waals surface area contributed by atoms with E-state index in [4.69, 9.17) is 9.47 Å². The first-order valence-electron chi connectivity index (χ1n) is 8.04. The van der Waals surface area contributed by atoms with Crippen LogP contribution in [0.15, 0.2) is 48.5 Å². The van der Waals surface area contributed by atoms with Crippen molar-refractivity contribution in [2.24, 2.45) is 0 Å². The lowest BCUT2D eigenvalue weighted by Gasteiger charge is -2.29. The fourth-order valence-electron chi connectivity index (χ4n) is 2.55. The molecule has 1 aliphatic heterocycles. The fraction of sp³-hybridized carbons (Fsp3) is 0.263. The van der Waals surface area contributed by atoms with Gasteiger partial charge < -0.3 is 19.7 Å². The van der Waals surface area contributed by atoms with Crippen molar-refractivity contribution in [2.75, 3.05) is 25.5 Å². The average molecular weight is 340 g/mol. The van der Waals surface area contributed by atoms with Gasteiger partial charge in [0.1, 0.15) is 6.61 Å². The van der Waals surface area contributed by atoms with E-state index >= 15 is 0 Å². The number of ether oxygens (including phenoxy) is 2. The number of fused-ring (bicyclic) bond motifs is 1. The van der Waals surface area contributed by atoms with Crippen molar-refractivity contribution in [1.82, 2.24) is 4.90 Å². The summed E-state index contributed by atoms with van der Waals surface area (Å²) < 4.78 is 11.5. The van der Waals surface area contributed by atoms with E-state index in [2.05, 4.69) is 5.32 Å². The molecule has 0 aliphatic carbocycles. The first-order chi connectivity index (χ1) is 12.0. The predicted molar refractivity (Wildman–Crippen MR) is 94.4 cm³/mol. The number of nitrogens with one attached hydrogen (secondary N) is 1. The van der Waals surface area contributed by atoms with E-state index in [0.717, 1.165) is 5.75 Å². The van der Waals surface area contributed by atoms with Crippen LogP contribution in [0.2, 0.25) is 0 Å². The lowest BCUT2D eigenvalue weighted by molar-refractivity contribution is 0.0731. The Morgan fingerprint density at radius 2 is 1.80 bits per heavy atom. The maximum Gasteiger partial charge on any atom is 0.321 e. The van der Waals surface area contributed by atoms with Crippen molar-refractivity contribution in [1.29, 1.82) is 0 Å². The van der Waals surface area contributed by atoms with Crippen molar-refractivity contribution in [2.45, 2.75) is 13.0 Å². The molecule has 0 bridgehead atoms. The number of amides is 2. The summed E-state index contributed by atoms with van der Waals surface area (Å²) in [4.78, 5) is 25.1. The number of carbonyl (C=O) groups is 2. The Bertz CT molecular complexity index is 773. The van der Waals surface area contributed by atoms with Gasteiger partial charge >= 0.3 is 6.03 Å². The molecule has 0 fully saturated rings. The number of urea groups is 1. The van der Waals surface area contributed by atoms with Gasteiger partial charge in [-0.1, -0.05) is 12.1 Å². The number of rotatable bonds is 4. The van der Waals surface area contributed by atoms with Gasteiger partial charge in [-0.25, -0.2) is 4.79 Å². The summed E-state index contributed by atoms with van der Waals surface area (Å²) in [6, 6.07) is 14.0. The second kappa shape index (κ2) is 7.25. The van der Waals surface area contributed by atoms with Crippen LogP contribution in [-0.2, 0) is 0 Å². The van der Waals surface area contributed by atoms with Crippen LogP contribution in [0.5, 0.6) is 11.5 Å². The molecule has 0 saturated heterocycles. The zero-order chi connectivity index (χ0) is 17.8.